The Morgan fingerprint density at radius 1 is 1.44 bits per heavy atom. The summed E-state index contributed by atoms with van der Waals surface area (Å²) in [5, 5.41) is 14.5. The standard InChI is InChI=1S/C12H11N3O2S/c1-17-11(16)9(7-13)8-14-12(18)15-10-5-3-2-4-6-10/h2-6,8H,1H3,(H2,14,15,18). The molecule has 5 nitrogen and oxygen atoms in total. The van der Waals surface area contributed by atoms with Gasteiger partial charge in [0.2, 0.25) is 0 Å². The quantitative estimate of drug-likeness (QED) is 0.372. The fourth-order valence-corrected chi connectivity index (χ4v) is 1.25. The minimum Gasteiger partial charge on any atom is -0.465 e. The maximum absolute atomic E-state index is 11.1. The van der Waals surface area contributed by atoms with Gasteiger partial charge in [-0.2, -0.15) is 5.26 Å². The Balaban J connectivity index is 2.58. The molecule has 0 spiro atoms. The molecule has 0 unspecified atom stereocenters. The number of nitrogens with one attached hydrogen (secondary N) is 2. The number of methoxy groups -OCH3 is 1. The average molecular weight is 261 g/mol. The molecule has 1 aromatic rings. The number of nitriles is 1. The highest BCUT2D eigenvalue weighted by Crippen LogP contribution is 2.04. The molecule has 0 aliphatic rings. The second kappa shape index (κ2) is 7.04. The van der Waals surface area contributed by atoms with Crippen molar-refractivity contribution >= 4 is 29.0 Å². The number of thiocarbonyl (C=S) groups is 1. The molecular formula is C12H11N3O2S. The van der Waals surface area contributed by atoms with Gasteiger partial charge in [0.25, 0.3) is 0 Å². The minimum absolute atomic E-state index is 0.158. The summed E-state index contributed by atoms with van der Waals surface area (Å²) in [4.78, 5) is 11.1. The largest absolute Gasteiger partial charge is 0.465 e. The summed E-state index contributed by atoms with van der Waals surface area (Å²) in [6.45, 7) is 0. The molecule has 0 saturated carbocycles. The molecular weight excluding hydrogens is 250 g/mol. The topological polar surface area (TPSA) is 74.2 Å². The first-order valence-electron chi connectivity index (χ1n) is 4.98. The molecule has 0 saturated heterocycles. The van der Waals surface area contributed by atoms with E-state index in [1.807, 2.05) is 30.3 Å². The second-order valence-corrected chi connectivity index (χ2v) is 3.53. The highest BCUT2D eigenvalue weighted by Gasteiger charge is 2.08. The van der Waals surface area contributed by atoms with Crippen LogP contribution in [0.5, 0.6) is 0 Å². The molecule has 2 N–H and O–H groups in total. The van der Waals surface area contributed by atoms with E-state index in [0.29, 0.717) is 0 Å². The SMILES string of the molecule is COC(=O)C(C#N)=CNC(=S)Nc1ccccc1. The highest BCUT2D eigenvalue weighted by molar-refractivity contribution is 7.80. The van der Waals surface area contributed by atoms with Gasteiger partial charge in [-0.05, 0) is 24.4 Å². The van der Waals surface area contributed by atoms with Crippen LogP contribution in [0.4, 0.5) is 5.69 Å². The van der Waals surface area contributed by atoms with Gasteiger partial charge in [-0.1, -0.05) is 18.2 Å². The van der Waals surface area contributed by atoms with Crippen LogP contribution in [0, 0.1) is 11.3 Å². The van der Waals surface area contributed by atoms with Crippen molar-refractivity contribution < 1.29 is 9.53 Å². The predicted molar refractivity (Wildman–Crippen MR) is 71.5 cm³/mol. The van der Waals surface area contributed by atoms with Gasteiger partial charge in [0.1, 0.15) is 6.07 Å². The van der Waals surface area contributed by atoms with Gasteiger partial charge >= 0.3 is 5.97 Å². The van der Waals surface area contributed by atoms with Gasteiger partial charge in [-0.25, -0.2) is 4.79 Å². The first-order chi connectivity index (χ1) is 8.67. The molecule has 0 aliphatic carbocycles. The molecule has 0 aromatic heterocycles. The monoisotopic (exact) mass is 261 g/mol. The summed E-state index contributed by atoms with van der Waals surface area (Å²) in [5.41, 5.74) is 0.648. The number of rotatable bonds is 3. The normalized spacial score (nSPS) is 10.1. The lowest BCUT2D eigenvalue weighted by molar-refractivity contribution is -0.135. The maximum atomic E-state index is 11.1. The van der Waals surface area contributed by atoms with Crippen LogP contribution in [0.2, 0.25) is 0 Å². The summed E-state index contributed by atoms with van der Waals surface area (Å²) in [6.07, 6.45) is 1.20. The third-order valence-corrected chi connectivity index (χ3v) is 2.12. The van der Waals surface area contributed by atoms with E-state index in [1.54, 1.807) is 6.07 Å². The van der Waals surface area contributed by atoms with Crippen LogP contribution in [0.25, 0.3) is 0 Å². The third-order valence-electron chi connectivity index (χ3n) is 1.91. The van der Waals surface area contributed by atoms with Crippen LogP contribution < -0.4 is 10.6 Å². The lowest BCUT2D eigenvalue weighted by Crippen LogP contribution is -2.24. The Morgan fingerprint density at radius 3 is 2.67 bits per heavy atom. The fraction of sp³-hybridized carbons (Fsp3) is 0.0833. The second-order valence-electron chi connectivity index (χ2n) is 3.13. The van der Waals surface area contributed by atoms with E-state index in [2.05, 4.69) is 15.4 Å². The van der Waals surface area contributed by atoms with Gasteiger partial charge in [-0.15, -0.1) is 0 Å². The number of hydrogen-bond acceptors (Lipinski definition) is 4. The molecule has 0 fully saturated rings. The Hall–Kier alpha value is -2.39. The molecule has 0 amide bonds. The number of esters is 1. The molecule has 0 aliphatic heterocycles. The van der Waals surface area contributed by atoms with Gasteiger partial charge in [-0.3, -0.25) is 0 Å². The Kier molecular flexibility index (Phi) is 5.35. The lowest BCUT2D eigenvalue weighted by Gasteiger charge is -2.07. The zero-order valence-corrected chi connectivity index (χ0v) is 10.5. The van der Waals surface area contributed by atoms with Crippen molar-refractivity contribution in [1.82, 2.24) is 5.32 Å². The van der Waals surface area contributed by atoms with E-state index in [4.69, 9.17) is 17.5 Å². The fourth-order valence-electron chi connectivity index (χ4n) is 1.07. The van der Waals surface area contributed by atoms with Crippen molar-refractivity contribution in [2.45, 2.75) is 0 Å². The first kappa shape index (κ1) is 13.7. The summed E-state index contributed by atoms with van der Waals surface area (Å²) >= 11 is 5.00. The van der Waals surface area contributed by atoms with E-state index < -0.39 is 5.97 Å². The van der Waals surface area contributed by atoms with E-state index in [1.165, 1.54) is 13.3 Å². The summed E-state index contributed by atoms with van der Waals surface area (Å²) in [5.74, 6) is -0.715. The highest BCUT2D eigenvalue weighted by atomic mass is 32.1. The van der Waals surface area contributed by atoms with E-state index in [9.17, 15) is 4.79 Å². The number of ether oxygens (including phenoxy) is 1. The molecule has 0 heterocycles. The Bertz CT molecular complexity index is 506. The zero-order chi connectivity index (χ0) is 13.4. The molecule has 92 valence electrons. The van der Waals surface area contributed by atoms with Crippen LogP contribution in [-0.2, 0) is 9.53 Å². The molecule has 1 rings (SSSR count). The number of carbonyl (C=O) groups is 1. The Labute approximate surface area is 110 Å². The van der Waals surface area contributed by atoms with Gasteiger partial charge < -0.3 is 15.4 Å². The molecule has 6 heteroatoms. The molecule has 0 atom stereocenters. The number of nitrogens with zero attached hydrogens (tertiary/aromatic N) is 1. The molecule has 18 heavy (non-hydrogen) atoms. The van der Waals surface area contributed by atoms with Crippen molar-refractivity contribution in [1.29, 1.82) is 5.26 Å². The molecule has 0 bridgehead atoms. The van der Waals surface area contributed by atoms with Crippen molar-refractivity contribution in [2.24, 2.45) is 0 Å². The number of anilines is 1. The lowest BCUT2D eigenvalue weighted by atomic mass is 10.3. The van der Waals surface area contributed by atoms with Crippen LogP contribution >= 0.6 is 12.2 Å². The van der Waals surface area contributed by atoms with E-state index in [0.717, 1.165) is 5.69 Å². The number of para-hydroxylation sites is 1. The maximum Gasteiger partial charge on any atom is 0.350 e. The number of benzene rings is 1. The summed E-state index contributed by atoms with van der Waals surface area (Å²) in [6, 6.07) is 11.0. The van der Waals surface area contributed by atoms with Crippen molar-refractivity contribution in [3.05, 3.63) is 42.1 Å². The van der Waals surface area contributed by atoms with Crippen LogP contribution in [-0.4, -0.2) is 18.2 Å². The third kappa shape index (κ3) is 4.23. The molecule has 0 radical (unpaired) electrons. The van der Waals surface area contributed by atoms with E-state index >= 15 is 0 Å². The number of hydrogen-bond donors (Lipinski definition) is 2. The number of carbonyl (C=O) groups excluding carboxylic acids is 1. The van der Waals surface area contributed by atoms with E-state index in [-0.39, 0.29) is 10.7 Å². The van der Waals surface area contributed by atoms with Crippen molar-refractivity contribution in [3.63, 3.8) is 0 Å². The van der Waals surface area contributed by atoms with Gasteiger partial charge in [0, 0.05) is 11.9 Å². The Morgan fingerprint density at radius 2 is 2.11 bits per heavy atom. The predicted octanol–water partition coefficient (Wildman–Crippen LogP) is 1.55. The summed E-state index contributed by atoms with van der Waals surface area (Å²) in [7, 11) is 1.20. The van der Waals surface area contributed by atoms with Gasteiger partial charge in [0.15, 0.2) is 10.7 Å². The molecule has 1 aromatic carbocycles. The van der Waals surface area contributed by atoms with Gasteiger partial charge in [0.05, 0.1) is 7.11 Å². The zero-order valence-electron chi connectivity index (χ0n) is 9.64. The average Bonchev–Trinajstić information content (AvgIpc) is 2.40. The van der Waals surface area contributed by atoms with Crippen LogP contribution in [0.1, 0.15) is 0 Å². The smallest absolute Gasteiger partial charge is 0.350 e. The first-order valence-corrected chi connectivity index (χ1v) is 5.39. The minimum atomic E-state index is -0.715. The summed E-state index contributed by atoms with van der Waals surface area (Å²) < 4.78 is 4.42. The van der Waals surface area contributed by atoms with Crippen molar-refractivity contribution in [3.8, 4) is 6.07 Å². The van der Waals surface area contributed by atoms with Crippen LogP contribution in [0.15, 0.2) is 42.1 Å². The van der Waals surface area contributed by atoms with Crippen LogP contribution in [0.3, 0.4) is 0 Å². The van der Waals surface area contributed by atoms with Crippen molar-refractivity contribution in [2.75, 3.05) is 12.4 Å².